The normalized spacial score (nSPS) is 10.8. The van der Waals surface area contributed by atoms with Crippen LogP contribution in [-0.2, 0) is 13.5 Å². The summed E-state index contributed by atoms with van der Waals surface area (Å²) in [4.78, 5) is 11.8. The first kappa shape index (κ1) is 14.1. The molecule has 0 saturated heterocycles. The molecule has 7 heteroatoms. The van der Waals surface area contributed by atoms with E-state index in [9.17, 15) is 4.79 Å². The van der Waals surface area contributed by atoms with Crippen molar-refractivity contribution in [3.8, 4) is 0 Å². The summed E-state index contributed by atoms with van der Waals surface area (Å²) in [6, 6.07) is -0.219. The van der Waals surface area contributed by atoms with Crippen molar-refractivity contribution in [2.45, 2.75) is 26.2 Å². The first-order valence-corrected chi connectivity index (χ1v) is 6.62. The molecule has 2 amide bonds. The fourth-order valence-corrected chi connectivity index (χ4v) is 1.93. The second kappa shape index (κ2) is 6.23. The van der Waals surface area contributed by atoms with E-state index in [2.05, 4.69) is 25.9 Å². The molecule has 0 fully saturated rings. The zero-order chi connectivity index (χ0) is 14.5. The quantitative estimate of drug-likeness (QED) is 0.775. The number of urea groups is 1. The van der Waals surface area contributed by atoms with E-state index in [1.54, 1.807) is 10.9 Å². The molecule has 7 nitrogen and oxygen atoms in total. The molecule has 0 unspecified atom stereocenters. The first-order valence-electron chi connectivity index (χ1n) is 6.62. The average Bonchev–Trinajstić information content (AvgIpc) is 2.99. The lowest BCUT2D eigenvalue weighted by atomic mass is 10.1. The Hall–Kier alpha value is -2.31. The summed E-state index contributed by atoms with van der Waals surface area (Å²) in [5, 5.41) is 16.6. The minimum absolute atomic E-state index is 0.219. The number of nitrogens with one attached hydrogen (secondary N) is 3. The van der Waals surface area contributed by atoms with Crippen molar-refractivity contribution in [1.82, 2.24) is 25.3 Å². The highest BCUT2D eigenvalue weighted by atomic mass is 16.2. The van der Waals surface area contributed by atoms with Gasteiger partial charge in [-0.2, -0.15) is 10.2 Å². The van der Waals surface area contributed by atoms with Crippen LogP contribution in [0.1, 0.15) is 31.0 Å². The van der Waals surface area contributed by atoms with Crippen LogP contribution in [0.15, 0.2) is 18.6 Å². The predicted octanol–water partition coefficient (Wildman–Crippen LogP) is 1.63. The Morgan fingerprint density at radius 3 is 2.95 bits per heavy atom. The molecule has 0 spiro atoms. The van der Waals surface area contributed by atoms with Crippen molar-refractivity contribution in [3.05, 3.63) is 29.8 Å². The fraction of sp³-hybridized carbons (Fsp3) is 0.462. The van der Waals surface area contributed by atoms with E-state index < -0.39 is 0 Å². The highest BCUT2D eigenvalue weighted by molar-refractivity contribution is 5.89. The van der Waals surface area contributed by atoms with Gasteiger partial charge in [0.05, 0.1) is 17.6 Å². The van der Waals surface area contributed by atoms with Gasteiger partial charge in [0.1, 0.15) is 0 Å². The minimum atomic E-state index is -0.219. The Balaban J connectivity index is 1.85. The molecule has 0 radical (unpaired) electrons. The maximum Gasteiger partial charge on any atom is 0.319 e. The number of hydrogen-bond acceptors (Lipinski definition) is 3. The lowest BCUT2D eigenvalue weighted by Gasteiger charge is -2.08. The van der Waals surface area contributed by atoms with Crippen LogP contribution in [0.5, 0.6) is 0 Å². The molecular formula is C13H20N6O. The topological polar surface area (TPSA) is 87.6 Å². The molecule has 108 valence electrons. The number of hydrogen-bond donors (Lipinski definition) is 3. The number of anilines is 1. The second-order valence-electron chi connectivity index (χ2n) is 4.99. The summed E-state index contributed by atoms with van der Waals surface area (Å²) < 4.78 is 1.70. The SMILES string of the molecule is CC(C)c1nn(C)cc1NC(=O)NCCc1cn[nH]c1. The number of aryl methyl sites for hydroxylation is 1. The van der Waals surface area contributed by atoms with Gasteiger partial charge in [0.2, 0.25) is 0 Å². The van der Waals surface area contributed by atoms with Crippen LogP contribution in [0.4, 0.5) is 10.5 Å². The van der Waals surface area contributed by atoms with Gasteiger partial charge in [0.15, 0.2) is 0 Å². The number of carbonyl (C=O) groups is 1. The second-order valence-corrected chi connectivity index (χ2v) is 4.99. The fourth-order valence-electron chi connectivity index (χ4n) is 1.93. The molecule has 0 aromatic carbocycles. The highest BCUT2D eigenvalue weighted by Gasteiger charge is 2.13. The van der Waals surface area contributed by atoms with E-state index in [1.165, 1.54) is 0 Å². The van der Waals surface area contributed by atoms with Crippen molar-refractivity contribution < 1.29 is 4.79 Å². The average molecular weight is 276 g/mol. The van der Waals surface area contributed by atoms with Gasteiger partial charge in [-0.25, -0.2) is 4.79 Å². The number of aromatic nitrogens is 4. The van der Waals surface area contributed by atoms with Crippen LogP contribution in [0.3, 0.4) is 0 Å². The van der Waals surface area contributed by atoms with Gasteiger partial charge in [0, 0.05) is 26.0 Å². The third kappa shape index (κ3) is 3.59. The van der Waals surface area contributed by atoms with Crippen LogP contribution in [0.2, 0.25) is 0 Å². The summed E-state index contributed by atoms with van der Waals surface area (Å²) in [6.45, 7) is 4.65. The number of amides is 2. The van der Waals surface area contributed by atoms with Crippen LogP contribution in [0.25, 0.3) is 0 Å². The molecule has 2 heterocycles. The molecule has 2 aromatic rings. The third-order valence-electron chi connectivity index (χ3n) is 2.91. The largest absolute Gasteiger partial charge is 0.338 e. The minimum Gasteiger partial charge on any atom is -0.338 e. The number of H-pyrrole nitrogens is 1. The molecule has 20 heavy (non-hydrogen) atoms. The molecule has 3 N–H and O–H groups in total. The van der Waals surface area contributed by atoms with E-state index in [4.69, 9.17) is 0 Å². The lowest BCUT2D eigenvalue weighted by molar-refractivity contribution is 0.252. The Bertz CT molecular complexity index is 557. The number of carbonyl (C=O) groups excluding carboxylic acids is 1. The van der Waals surface area contributed by atoms with Crippen molar-refractivity contribution in [1.29, 1.82) is 0 Å². The molecular weight excluding hydrogens is 256 g/mol. The van der Waals surface area contributed by atoms with Crippen LogP contribution >= 0.6 is 0 Å². The third-order valence-corrected chi connectivity index (χ3v) is 2.91. The van der Waals surface area contributed by atoms with E-state index in [0.717, 1.165) is 23.4 Å². The molecule has 2 aromatic heterocycles. The summed E-state index contributed by atoms with van der Waals surface area (Å²) in [5.74, 6) is 0.262. The van der Waals surface area contributed by atoms with Gasteiger partial charge in [0.25, 0.3) is 0 Å². The zero-order valence-electron chi connectivity index (χ0n) is 12.0. The van der Waals surface area contributed by atoms with E-state index >= 15 is 0 Å². The Labute approximate surface area is 117 Å². The predicted molar refractivity (Wildman–Crippen MR) is 76.6 cm³/mol. The number of aromatic amines is 1. The molecule has 0 aliphatic heterocycles. The number of rotatable bonds is 5. The van der Waals surface area contributed by atoms with E-state index in [-0.39, 0.29) is 11.9 Å². The zero-order valence-corrected chi connectivity index (χ0v) is 12.0. The van der Waals surface area contributed by atoms with Gasteiger partial charge in [-0.1, -0.05) is 13.8 Å². The molecule has 0 atom stereocenters. The monoisotopic (exact) mass is 276 g/mol. The van der Waals surface area contributed by atoms with Crippen LogP contribution in [-0.4, -0.2) is 32.6 Å². The van der Waals surface area contributed by atoms with Gasteiger partial charge < -0.3 is 10.6 Å². The summed E-state index contributed by atoms with van der Waals surface area (Å²) in [5.41, 5.74) is 2.70. The van der Waals surface area contributed by atoms with Crippen molar-refractivity contribution in [3.63, 3.8) is 0 Å². The standard InChI is InChI=1S/C13H20N6O/c1-9(2)12-11(8-19(3)18-12)17-13(20)14-5-4-10-6-15-16-7-10/h6-9H,4-5H2,1-3H3,(H,15,16)(H2,14,17,20). The molecule has 0 aliphatic carbocycles. The summed E-state index contributed by atoms with van der Waals surface area (Å²) in [6.07, 6.45) is 6.12. The number of nitrogens with zero attached hydrogens (tertiary/aromatic N) is 3. The lowest BCUT2D eigenvalue weighted by Crippen LogP contribution is -2.30. The Kier molecular flexibility index (Phi) is 4.39. The van der Waals surface area contributed by atoms with Gasteiger partial charge in [-0.3, -0.25) is 9.78 Å². The van der Waals surface area contributed by atoms with Crippen molar-refractivity contribution in [2.75, 3.05) is 11.9 Å². The van der Waals surface area contributed by atoms with E-state index in [0.29, 0.717) is 6.54 Å². The van der Waals surface area contributed by atoms with Gasteiger partial charge in [-0.15, -0.1) is 0 Å². The van der Waals surface area contributed by atoms with Gasteiger partial charge in [-0.05, 0) is 17.9 Å². The van der Waals surface area contributed by atoms with E-state index in [1.807, 2.05) is 33.3 Å². The Morgan fingerprint density at radius 2 is 2.30 bits per heavy atom. The van der Waals surface area contributed by atoms with Crippen molar-refractivity contribution >= 4 is 11.7 Å². The molecule has 0 bridgehead atoms. The maximum absolute atomic E-state index is 11.8. The molecule has 0 aliphatic rings. The van der Waals surface area contributed by atoms with Crippen LogP contribution < -0.4 is 10.6 Å². The molecule has 2 rings (SSSR count). The highest BCUT2D eigenvalue weighted by Crippen LogP contribution is 2.21. The van der Waals surface area contributed by atoms with Crippen molar-refractivity contribution in [2.24, 2.45) is 7.05 Å². The smallest absolute Gasteiger partial charge is 0.319 e. The van der Waals surface area contributed by atoms with Gasteiger partial charge >= 0.3 is 6.03 Å². The summed E-state index contributed by atoms with van der Waals surface area (Å²) >= 11 is 0. The van der Waals surface area contributed by atoms with Crippen LogP contribution in [0, 0.1) is 0 Å². The summed E-state index contributed by atoms with van der Waals surface area (Å²) in [7, 11) is 1.84. The maximum atomic E-state index is 11.8. The first-order chi connectivity index (χ1) is 9.56. The Morgan fingerprint density at radius 1 is 1.50 bits per heavy atom. The molecule has 0 saturated carbocycles.